The summed E-state index contributed by atoms with van der Waals surface area (Å²) in [6.45, 7) is 3.09. The van der Waals surface area contributed by atoms with E-state index in [4.69, 9.17) is 5.41 Å². The average molecular weight is 359 g/mol. The number of imidazole rings is 1. The first-order chi connectivity index (χ1) is 13.1. The molecule has 0 spiro atoms. The molecule has 27 heavy (non-hydrogen) atoms. The van der Waals surface area contributed by atoms with Gasteiger partial charge >= 0.3 is 0 Å². The van der Waals surface area contributed by atoms with Crippen LogP contribution in [0.4, 0.5) is 0 Å². The number of aryl methyl sites for hydroxylation is 3. The van der Waals surface area contributed by atoms with E-state index in [1.807, 2.05) is 29.8 Å². The summed E-state index contributed by atoms with van der Waals surface area (Å²) in [5.41, 5.74) is 1.88. The molecular formula is C19H17N7O. The molecule has 0 bridgehead atoms. The van der Waals surface area contributed by atoms with Crippen LogP contribution < -0.4 is 11.0 Å². The normalized spacial score (nSPS) is 11.1. The Morgan fingerprint density at radius 2 is 2.15 bits per heavy atom. The van der Waals surface area contributed by atoms with Crippen molar-refractivity contribution >= 4 is 16.7 Å². The number of aromatic nitrogens is 5. The highest BCUT2D eigenvalue weighted by atomic mass is 16.1. The summed E-state index contributed by atoms with van der Waals surface area (Å²) in [7, 11) is 0. The van der Waals surface area contributed by atoms with Gasteiger partial charge in [-0.1, -0.05) is 6.07 Å². The van der Waals surface area contributed by atoms with Crippen molar-refractivity contribution in [1.29, 1.82) is 10.7 Å². The molecule has 4 aromatic heterocycles. The van der Waals surface area contributed by atoms with Gasteiger partial charge < -0.3 is 9.13 Å². The smallest absolute Gasteiger partial charge is 0.267 e. The largest absolute Gasteiger partial charge is 0.337 e. The number of fused-ring (bicyclic) bond motifs is 2. The number of rotatable bonds is 4. The molecule has 8 heteroatoms. The van der Waals surface area contributed by atoms with Gasteiger partial charge in [0.05, 0.1) is 17.3 Å². The van der Waals surface area contributed by atoms with Gasteiger partial charge in [-0.15, -0.1) is 0 Å². The van der Waals surface area contributed by atoms with Gasteiger partial charge in [-0.3, -0.25) is 14.6 Å². The number of hydrogen-bond acceptors (Lipinski definition) is 5. The van der Waals surface area contributed by atoms with E-state index in [1.54, 1.807) is 29.4 Å². The third-order valence-corrected chi connectivity index (χ3v) is 4.53. The number of nitrogens with zero attached hydrogens (tertiary/aromatic N) is 6. The standard InChI is InChI=1S/C19H17N7O/c1-13-3-4-16-23-18-15(19(27)26(16)11-13)9-14(10-20)17(21)25(18)7-2-6-24-8-5-22-12-24/h3-5,8-9,11-12,21H,2,6-7H2,1H3. The van der Waals surface area contributed by atoms with Crippen molar-refractivity contribution in [2.24, 2.45) is 0 Å². The van der Waals surface area contributed by atoms with Crippen LogP contribution in [0.15, 0.2) is 47.9 Å². The van der Waals surface area contributed by atoms with Crippen molar-refractivity contribution in [3.05, 3.63) is 70.1 Å². The second kappa shape index (κ2) is 6.53. The lowest BCUT2D eigenvalue weighted by molar-refractivity contribution is 0.554. The second-order valence-electron chi connectivity index (χ2n) is 6.41. The molecular weight excluding hydrogens is 342 g/mol. The van der Waals surface area contributed by atoms with Gasteiger partial charge in [0.15, 0.2) is 0 Å². The summed E-state index contributed by atoms with van der Waals surface area (Å²) < 4.78 is 5.07. The number of pyridine rings is 2. The fourth-order valence-electron chi connectivity index (χ4n) is 3.18. The lowest BCUT2D eigenvalue weighted by Crippen LogP contribution is -2.28. The Balaban J connectivity index is 1.90. The molecule has 0 aliphatic carbocycles. The maximum atomic E-state index is 13.0. The van der Waals surface area contributed by atoms with Gasteiger partial charge in [-0.2, -0.15) is 5.26 Å². The van der Waals surface area contributed by atoms with E-state index in [0.29, 0.717) is 29.6 Å². The van der Waals surface area contributed by atoms with Crippen molar-refractivity contribution in [3.63, 3.8) is 0 Å². The second-order valence-corrected chi connectivity index (χ2v) is 6.41. The summed E-state index contributed by atoms with van der Waals surface area (Å²) in [4.78, 5) is 21.6. The topological polar surface area (TPSA) is 105 Å². The summed E-state index contributed by atoms with van der Waals surface area (Å²) in [6, 6.07) is 7.16. The molecule has 4 heterocycles. The molecule has 0 aliphatic heterocycles. The molecule has 4 aromatic rings. The van der Waals surface area contributed by atoms with Crippen LogP contribution >= 0.6 is 0 Å². The summed E-state index contributed by atoms with van der Waals surface area (Å²) in [6.07, 6.45) is 7.76. The average Bonchev–Trinajstić information content (AvgIpc) is 3.18. The Morgan fingerprint density at radius 3 is 2.89 bits per heavy atom. The van der Waals surface area contributed by atoms with Crippen LogP contribution in [0, 0.1) is 23.7 Å². The molecule has 0 aromatic carbocycles. The van der Waals surface area contributed by atoms with Crippen molar-refractivity contribution < 1.29 is 0 Å². The minimum absolute atomic E-state index is 0.0685. The number of hydrogen-bond donors (Lipinski definition) is 1. The monoisotopic (exact) mass is 359 g/mol. The van der Waals surface area contributed by atoms with Crippen molar-refractivity contribution in [2.45, 2.75) is 26.4 Å². The molecule has 0 amide bonds. The van der Waals surface area contributed by atoms with Crippen LogP contribution in [0.3, 0.4) is 0 Å². The number of nitriles is 1. The Hall–Kier alpha value is -3.73. The highest BCUT2D eigenvalue weighted by Gasteiger charge is 2.13. The Bertz CT molecular complexity index is 1310. The summed E-state index contributed by atoms with van der Waals surface area (Å²) >= 11 is 0. The molecule has 8 nitrogen and oxygen atoms in total. The first-order valence-electron chi connectivity index (χ1n) is 8.55. The lowest BCUT2D eigenvalue weighted by atomic mass is 10.2. The van der Waals surface area contributed by atoms with E-state index in [9.17, 15) is 10.1 Å². The summed E-state index contributed by atoms with van der Waals surface area (Å²) in [5, 5.41) is 18.1. The van der Waals surface area contributed by atoms with Crippen molar-refractivity contribution in [2.75, 3.05) is 0 Å². The third-order valence-electron chi connectivity index (χ3n) is 4.53. The van der Waals surface area contributed by atoms with Gasteiger partial charge in [-0.25, -0.2) is 9.97 Å². The van der Waals surface area contributed by atoms with E-state index in [2.05, 4.69) is 9.97 Å². The van der Waals surface area contributed by atoms with E-state index in [0.717, 1.165) is 12.1 Å². The van der Waals surface area contributed by atoms with Crippen LogP contribution in [0.1, 0.15) is 17.5 Å². The van der Waals surface area contributed by atoms with E-state index >= 15 is 0 Å². The zero-order valence-corrected chi connectivity index (χ0v) is 14.8. The van der Waals surface area contributed by atoms with Crippen LogP contribution in [0.25, 0.3) is 16.7 Å². The highest BCUT2D eigenvalue weighted by Crippen LogP contribution is 2.11. The molecule has 0 unspecified atom stereocenters. The minimum atomic E-state index is -0.237. The summed E-state index contributed by atoms with van der Waals surface area (Å²) in [5.74, 6) is 0. The molecule has 4 rings (SSSR count). The first-order valence-corrected chi connectivity index (χ1v) is 8.55. The van der Waals surface area contributed by atoms with E-state index in [-0.39, 0.29) is 16.6 Å². The Kier molecular flexibility index (Phi) is 4.05. The van der Waals surface area contributed by atoms with E-state index < -0.39 is 0 Å². The molecule has 1 N–H and O–H groups in total. The first kappa shape index (κ1) is 16.7. The van der Waals surface area contributed by atoms with Crippen LogP contribution in [-0.2, 0) is 13.1 Å². The molecule has 0 saturated carbocycles. The highest BCUT2D eigenvalue weighted by molar-refractivity contribution is 5.77. The predicted octanol–water partition coefficient (Wildman–Crippen LogP) is 1.60. The molecule has 134 valence electrons. The fourth-order valence-corrected chi connectivity index (χ4v) is 3.18. The zero-order chi connectivity index (χ0) is 19.0. The zero-order valence-electron chi connectivity index (χ0n) is 14.8. The molecule has 0 radical (unpaired) electrons. The molecule has 0 aliphatic rings. The minimum Gasteiger partial charge on any atom is -0.337 e. The van der Waals surface area contributed by atoms with Gasteiger partial charge in [0.1, 0.15) is 22.9 Å². The SMILES string of the molecule is Cc1ccc2nc3c(cc(C#N)c(=N)n3CCCn3ccnc3)c(=O)n2c1. The van der Waals surface area contributed by atoms with Gasteiger partial charge in [-0.05, 0) is 31.0 Å². The van der Waals surface area contributed by atoms with Crippen LogP contribution in [-0.4, -0.2) is 23.5 Å². The Labute approximate surface area is 154 Å². The number of nitrogens with one attached hydrogen (secondary N) is 1. The van der Waals surface area contributed by atoms with Gasteiger partial charge in [0.2, 0.25) is 0 Å². The third kappa shape index (κ3) is 2.89. The Morgan fingerprint density at radius 1 is 1.30 bits per heavy atom. The maximum absolute atomic E-state index is 13.0. The van der Waals surface area contributed by atoms with Gasteiger partial charge in [0.25, 0.3) is 5.56 Å². The molecule has 0 fully saturated rings. The lowest BCUT2D eigenvalue weighted by Gasteiger charge is -2.13. The van der Waals surface area contributed by atoms with Crippen LogP contribution in [0.5, 0.6) is 0 Å². The molecule has 0 saturated heterocycles. The molecule has 0 atom stereocenters. The fraction of sp³-hybridized carbons (Fsp3) is 0.211. The predicted molar refractivity (Wildman–Crippen MR) is 99.1 cm³/mol. The van der Waals surface area contributed by atoms with Crippen LogP contribution in [0.2, 0.25) is 0 Å². The maximum Gasteiger partial charge on any atom is 0.267 e. The van der Waals surface area contributed by atoms with Gasteiger partial charge in [0, 0.05) is 31.7 Å². The quantitative estimate of drug-likeness (QED) is 0.559. The van der Waals surface area contributed by atoms with E-state index in [1.165, 1.54) is 10.5 Å². The van der Waals surface area contributed by atoms with Crippen molar-refractivity contribution in [1.82, 2.24) is 23.5 Å². The van der Waals surface area contributed by atoms with Crippen molar-refractivity contribution in [3.8, 4) is 6.07 Å².